The third-order valence-corrected chi connectivity index (χ3v) is 7.70. The van der Waals surface area contributed by atoms with Crippen LogP contribution in [0.5, 0.6) is 0 Å². The van der Waals surface area contributed by atoms with Gasteiger partial charge in [-0.25, -0.2) is 14.8 Å². The molecule has 3 aromatic rings. The number of cyclic esters (lactones) is 1. The Hall–Kier alpha value is -4.09. The molecule has 0 spiro atoms. The van der Waals surface area contributed by atoms with E-state index in [2.05, 4.69) is 16.8 Å². The molecular formula is C29H32N6O5. The molecule has 5 heterocycles. The smallest absolute Gasteiger partial charge is 0.352 e. The third-order valence-electron chi connectivity index (χ3n) is 7.70. The van der Waals surface area contributed by atoms with Crippen molar-refractivity contribution in [1.82, 2.24) is 14.5 Å². The molecule has 3 aliphatic heterocycles. The first-order valence-corrected chi connectivity index (χ1v) is 13.7. The zero-order valence-corrected chi connectivity index (χ0v) is 22.7. The Balaban J connectivity index is 1.44. The van der Waals surface area contributed by atoms with E-state index in [1.807, 2.05) is 24.5 Å². The number of pyridine rings is 2. The second-order valence-electron chi connectivity index (χ2n) is 10.5. The average molecular weight is 545 g/mol. The molecule has 1 aromatic carbocycles. The highest BCUT2D eigenvalue weighted by atomic mass is 16.6. The maximum atomic E-state index is 13.8. The summed E-state index contributed by atoms with van der Waals surface area (Å²) in [5.41, 5.74) is 10.8. The molecule has 0 amide bonds. The molecule has 1 atom stereocenters. The van der Waals surface area contributed by atoms with E-state index in [-0.39, 0.29) is 18.7 Å². The van der Waals surface area contributed by atoms with Crippen LogP contribution in [0.15, 0.2) is 34.1 Å². The summed E-state index contributed by atoms with van der Waals surface area (Å²) in [6.07, 6.45) is 3.76. The fraction of sp³-hybridized carbons (Fsp3) is 0.414. The predicted octanol–water partition coefficient (Wildman–Crippen LogP) is 2.63. The zero-order chi connectivity index (χ0) is 28.0. The van der Waals surface area contributed by atoms with Crippen molar-refractivity contribution in [1.29, 1.82) is 0 Å². The number of carbonyl (C=O) groups excluding carboxylic acids is 2. The fourth-order valence-corrected chi connectivity index (χ4v) is 5.74. The van der Waals surface area contributed by atoms with E-state index < -0.39 is 18.0 Å². The quantitative estimate of drug-likeness (QED) is 0.249. The molecular weight excluding hydrogens is 512 g/mol. The molecule has 2 N–H and O–H groups in total. The second-order valence-corrected chi connectivity index (χ2v) is 10.5. The predicted molar refractivity (Wildman–Crippen MR) is 151 cm³/mol. The number of rotatable bonds is 9. The van der Waals surface area contributed by atoms with Crippen molar-refractivity contribution in [3.63, 3.8) is 0 Å². The monoisotopic (exact) mass is 544 g/mol. The molecule has 0 aliphatic carbocycles. The second kappa shape index (κ2) is 10.5. The number of hydrogen-bond donors (Lipinski definition) is 1. The molecule has 1 unspecified atom stereocenters. The topological polar surface area (TPSA) is 132 Å². The number of anilines is 1. The maximum Gasteiger partial charge on any atom is 0.352 e. The lowest BCUT2D eigenvalue weighted by atomic mass is 9.99. The SMILES string of the molecule is CCCCCN1C=Nc2cccc3nc4c(c1c23)Cn1c-4cc2c(c1=O)COC(=O)C2OC(=O)CN(C)CCN. The van der Waals surface area contributed by atoms with E-state index in [1.165, 1.54) is 0 Å². The van der Waals surface area contributed by atoms with E-state index in [1.54, 1.807) is 22.6 Å². The van der Waals surface area contributed by atoms with Crippen LogP contribution in [-0.4, -0.2) is 66.0 Å². The van der Waals surface area contributed by atoms with Gasteiger partial charge >= 0.3 is 11.9 Å². The summed E-state index contributed by atoms with van der Waals surface area (Å²) < 4.78 is 12.5. The fourth-order valence-electron chi connectivity index (χ4n) is 5.74. The first kappa shape index (κ1) is 26.1. The molecule has 11 nitrogen and oxygen atoms in total. The van der Waals surface area contributed by atoms with Gasteiger partial charge in [0, 0.05) is 30.8 Å². The summed E-state index contributed by atoms with van der Waals surface area (Å²) in [7, 11) is 1.74. The molecule has 40 heavy (non-hydrogen) atoms. The molecule has 0 saturated heterocycles. The molecule has 11 heteroatoms. The van der Waals surface area contributed by atoms with Gasteiger partial charge in [-0.2, -0.15) is 0 Å². The van der Waals surface area contributed by atoms with E-state index in [0.717, 1.165) is 53.6 Å². The van der Waals surface area contributed by atoms with Gasteiger partial charge in [0.05, 0.1) is 58.7 Å². The molecule has 0 bridgehead atoms. The van der Waals surface area contributed by atoms with Crippen LogP contribution in [0.1, 0.15) is 49.0 Å². The number of esters is 2. The lowest BCUT2D eigenvalue weighted by molar-refractivity contribution is -0.172. The summed E-state index contributed by atoms with van der Waals surface area (Å²) >= 11 is 0. The van der Waals surface area contributed by atoms with Gasteiger partial charge in [-0.1, -0.05) is 25.8 Å². The highest BCUT2D eigenvalue weighted by Crippen LogP contribution is 2.46. The first-order valence-electron chi connectivity index (χ1n) is 13.7. The van der Waals surface area contributed by atoms with Crippen molar-refractivity contribution in [2.75, 3.05) is 38.1 Å². The van der Waals surface area contributed by atoms with Crippen molar-refractivity contribution in [3.8, 4) is 11.4 Å². The van der Waals surface area contributed by atoms with Gasteiger partial charge in [-0.05, 0) is 31.7 Å². The number of ether oxygens (including phenoxy) is 2. The molecule has 2 aromatic heterocycles. The standard InChI is InChI=1S/C29H32N6O5/c1-3-4-5-10-34-16-31-20-7-6-8-21-24(20)26(34)18-13-35-22(25(18)32-21)12-17-19(28(35)37)15-39-29(38)27(17)40-23(36)14-33(2)11-9-30/h6-8,12,16,27H,3-5,9-11,13-15,30H2,1-2H3. The molecule has 3 aliphatic rings. The van der Waals surface area contributed by atoms with Crippen molar-refractivity contribution in [3.05, 3.63) is 51.3 Å². The summed E-state index contributed by atoms with van der Waals surface area (Å²) in [5.74, 6) is -1.30. The minimum absolute atomic E-state index is 0.0439. The number of likely N-dealkylation sites (N-methyl/N-ethyl adjacent to an activating group) is 1. The maximum absolute atomic E-state index is 13.8. The van der Waals surface area contributed by atoms with Gasteiger partial charge in [-0.15, -0.1) is 0 Å². The van der Waals surface area contributed by atoms with Crippen LogP contribution in [-0.2, 0) is 32.2 Å². The van der Waals surface area contributed by atoms with Gasteiger partial charge in [0.1, 0.15) is 6.61 Å². The summed E-state index contributed by atoms with van der Waals surface area (Å²) in [4.78, 5) is 52.7. The Bertz CT molecular complexity index is 1610. The van der Waals surface area contributed by atoms with Gasteiger partial charge in [-0.3, -0.25) is 14.5 Å². The Labute approximate surface area is 231 Å². The van der Waals surface area contributed by atoms with Gasteiger partial charge < -0.3 is 24.7 Å². The minimum Gasteiger partial charge on any atom is -0.458 e. The molecule has 0 fully saturated rings. The number of hydrogen-bond acceptors (Lipinski definition) is 10. The lowest BCUT2D eigenvalue weighted by Crippen LogP contribution is -2.37. The van der Waals surface area contributed by atoms with Crippen LogP contribution in [0.4, 0.5) is 11.4 Å². The van der Waals surface area contributed by atoms with Crippen LogP contribution in [0.2, 0.25) is 0 Å². The summed E-state index contributed by atoms with van der Waals surface area (Å²) in [5, 5.41) is 0.970. The van der Waals surface area contributed by atoms with Crippen LogP contribution in [0.3, 0.4) is 0 Å². The number of aliphatic imine (C=N–C) groups is 1. The van der Waals surface area contributed by atoms with Crippen LogP contribution >= 0.6 is 0 Å². The Morgan fingerprint density at radius 3 is 2.90 bits per heavy atom. The lowest BCUT2D eigenvalue weighted by Gasteiger charge is -2.27. The van der Waals surface area contributed by atoms with Crippen LogP contribution in [0.25, 0.3) is 22.3 Å². The van der Waals surface area contributed by atoms with E-state index in [4.69, 9.17) is 20.2 Å². The normalized spacial score (nSPS) is 16.6. The first-order chi connectivity index (χ1) is 19.4. The number of carbonyl (C=O) groups is 2. The van der Waals surface area contributed by atoms with E-state index in [9.17, 15) is 14.4 Å². The zero-order valence-electron chi connectivity index (χ0n) is 22.7. The number of nitrogens with zero attached hydrogens (tertiary/aromatic N) is 5. The van der Waals surface area contributed by atoms with Crippen molar-refractivity contribution in [2.45, 2.75) is 45.4 Å². The third kappa shape index (κ3) is 4.35. The van der Waals surface area contributed by atoms with Crippen molar-refractivity contribution >= 4 is 40.6 Å². The number of fused-ring (bicyclic) bond motifs is 5. The largest absolute Gasteiger partial charge is 0.458 e. The highest BCUT2D eigenvalue weighted by molar-refractivity contribution is 6.11. The van der Waals surface area contributed by atoms with Crippen LogP contribution in [0, 0.1) is 0 Å². The van der Waals surface area contributed by atoms with Gasteiger partial charge in [0.2, 0.25) is 6.10 Å². The van der Waals surface area contributed by atoms with E-state index >= 15 is 0 Å². The van der Waals surface area contributed by atoms with Crippen LogP contribution < -0.4 is 16.2 Å². The Morgan fingerprint density at radius 1 is 1.25 bits per heavy atom. The minimum atomic E-state index is -1.33. The van der Waals surface area contributed by atoms with E-state index in [0.29, 0.717) is 42.1 Å². The van der Waals surface area contributed by atoms with Gasteiger partial charge in [0.25, 0.3) is 5.56 Å². The Morgan fingerprint density at radius 2 is 2.10 bits per heavy atom. The highest BCUT2D eigenvalue weighted by Gasteiger charge is 2.38. The summed E-state index contributed by atoms with van der Waals surface area (Å²) in [6.45, 7) is 3.97. The average Bonchev–Trinajstić information content (AvgIpc) is 3.30. The molecule has 6 rings (SSSR count). The van der Waals surface area contributed by atoms with Gasteiger partial charge in [0.15, 0.2) is 0 Å². The number of aromatic nitrogens is 2. The molecule has 208 valence electrons. The summed E-state index contributed by atoms with van der Waals surface area (Å²) in [6, 6.07) is 7.61. The van der Waals surface area contributed by atoms with Crippen molar-refractivity contribution < 1.29 is 19.1 Å². The molecule has 0 saturated carbocycles. The van der Waals surface area contributed by atoms with Crippen molar-refractivity contribution in [2.24, 2.45) is 10.7 Å². The number of nitrogens with two attached hydrogens (primary N) is 1. The Kier molecular flexibility index (Phi) is 6.85. The number of benzene rings is 1. The molecule has 0 radical (unpaired) electrons. The number of unbranched alkanes of at least 4 members (excludes halogenated alkanes) is 2.